The highest BCUT2D eigenvalue weighted by molar-refractivity contribution is 7.99. The Morgan fingerprint density at radius 2 is 2.09 bits per heavy atom. The van der Waals surface area contributed by atoms with Gasteiger partial charge in [-0.3, -0.25) is 4.90 Å². The summed E-state index contributed by atoms with van der Waals surface area (Å²) in [7, 11) is 0. The molecule has 1 aromatic carbocycles. The van der Waals surface area contributed by atoms with Gasteiger partial charge in [-0.15, -0.1) is 11.8 Å². The molecule has 1 aliphatic rings. The van der Waals surface area contributed by atoms with Crippen molar-refractivity contribution in [2.45, 2.75) is 11.2 Å². The molecule has 1 aromatic heterocycles. The molecule has 0 bridgehead atoms. The lowest BCUT2D eigenvalue weighted by Gasteiger charge is -2.28. The number of nitrogens with zero attached hydrogens (tertiary/aromatic N) is 2. The Labute approximate surface area is 134 Å². The van der Waals surface area contributed by atoms with E-state index in [4.69, 9.17) is 0 Å². The fraction of sp³-hybridized carbons (Fsp3) is 0.200. The smallest absolute Gasteiger partial charge is 0.308 e. The van der Waals surface area contributed by atoms with Gasteiger partial charge in [-0.25, -0.2) is 9.78 Å². The van der Waals surface area contributed by atoms with E-state index in [2.05, 4.69) is 10.3 Å². The molecule has 0 radical (unpaired) electrons. The van der Waals surface area contributed by atoms with E-state index in [0.717, 1.165) is 17.2 Å². The maximum Gasteiger partial charge on any atom is 0.416 e. The minimum absolute atomic E-state index is 0.105. The van der Waals surface area contributed by atoms with Crippen LogP contribution in [0.4, 0.5) is 29.3 Å². The van der Waals surface area contributed by atoms with Crippen LogP contribution in [0.1, 0.15) is 5.56 Å². The van der Waals surface area contributed by atoms with Gasteiger partial charge in [0.05, 0.1) is 11.3 Å². The predicted octanol–water partition coefficient (Wildman–Crippen LogP) is 4.24. The summed E-state index contributed by atoms with van der Waals surface area (Å²) in [4.78, 5) is 18.1. The van der Waals surface area contributed by atoms with Gasteiger partial charge in [-0.1, -0.05) is 6.07 Å². The highest BCUT2D eigenvalue weighted by Gasteiger charge is 2.31. The molecule has 23 heavy (non-hydrogen) atoms. The molecule has 0 saturated carbocycles. The van der Waals surface area contributed by atoms with Gasteiger partial charge < -0.3 is 5.32 Å². The van der Waals surface area contributed by atoms with E-state index in [9.17, 15) is 18.0 Å². The van der Waals surface area contributed by atoms with Crippen LogP contribution in [0.5, 0.6) is 0 Å². The molecular formula is C15H12F3N3OS. The van der Waals surface area contributed by atoms with Crippen molar-refractivity contribution in [3.05, 3.63) is 48.2 Å². The molecule has 1 N–H and O–H groups in total. The standard InChI is InChI=1S/C15H12F3N3OS/c16-15(17,18)10-3-1-4-11(9-10)20-14(22)21-7-8-23-13-12(21)5-2-6-19-13/h1-6,9H,7-8H2,(H,20,22). The largest absolute Gasteiger partial charge is 0.416 e. The van der Waals surface area contributed by atoms with E-state index < -0.39 is 17.8 Å². The van der Waals surface area contributed by atoms with Gasteiger partial charge in [-0.05, 0) is 30.3 Å². The molecule has 2 amide bonds. The molecular weight excluding hydrogens is 327 g/mol. The highest BCUT2D eigenvalue weighted by atomic mass is 32.2. The Morgan fingerprint density at radius 1 is 1.26 bits per heavy atom. The van der Waals surface area contributed by atoms with Gasteiger partial charge in [0.25, 0.3) is 0 Å². The number of urea groups is 1. The zero-order chi connectivity index (χ0) is 16.4. The lowest BCUT2D eigenvalue weighted by molar-refractivity contribution is -0.137. The monoisotopic (exact) mass is 339 g/mol. The molecule has 120 valence electrons. The second kappa shape index (κ2) is 6.11. The molecule has 2 heterocycles. The molecule has 0 spiro atoms. The van der Waals surface area contributed by atoms with Gasteiger partial charge in [0, 0.05) is 24.2 Å². The van der Waals surface area contributed by atoms with Crippen LogP contribution < -0.4 is 10.2 Å². The maximum absolute atomic E-state index is 12.7. The van der Waals surface area contributed by atoms with Gasteiger partial charge in [0.2, 0.25) is 0 Å². The minimum atomic E-state index is -4.45. The summed E-state index contributed by atoms with van der Waals surface area (Å²) in [5.41, 5.74) is -0.0340. The number of carbonyl (C=O) groups excluding carboxylic acids is 1. The van der Waals surface area contributed by atoms with Crippen molar-refractivity contribution in [3.8, 4) is 0 Å². The van der Waals surface area contributed by atoms with Gasteiger partial charge in [0.1, 0.15) is 5.03 Å². The predicted molar refractivity (Wildman–Crippen MR) is 82.8 cm³/mol. The molecule has 0 aliphatic carbocycles. The van der Waals surface area contributed by atoms with Crippen LogP contribution in [-0.2, 0) is 6.18 Å². The second-order valence-electron chi connectivity index (χ2n) is 4.84. The first-order valence-electron chi connectivity index (χ1n) is 6.79. The number of aromatic nitrogens is 1. The molecule has 3 rings (SSSR count). The summed E-state index contributed by atoms with van der Waals surface area (Å²) >= 11 is 1.54. The van der Waals surface area contributed by atoms with Crippen LogP contribution in [0.25, 0.3) is 0 Å². The highest BCUT2D eigenvalue weighted by Crippen LogP contribution is 2.33. The zero-order valence-electron chi connectivity index (χ0n) is 11.8. The SMILES string of the molecule is O=C(Nc1cccc(C(F)(F)F)c1)N1CCSc2ncccc21. The van der Waals surface area contributed by atoms with E-state index >= 15 is 0 Å². The first-order valence-corrected chi connectivity index (χ1v) is 7.77. The summed E-state index contributed by atoms with van der Waals surface area (Å²) in [5.74, 6) is 0.681. The lowest BCUT2D eigenvalue weighted by atomic mass is 10.2. The normalized spacial score (nSPS) is 14.3. The Morgan fingerprint density at radius 3 is 2.87 bits per heavy atom. The van der Waals surface area contributed by atoms with Crippen LogP contribution in [-0.4, -0.2) is 23.3 Å². The number of alkyl halides is 3. The van der Waals surface area contributed by atoms with Crippen LogP contribution in [0.2, 0.25) is 0 Å². The van der Waals surface area contributed by atoms with E-state index in [1.807, 2.05) is 0 Å². The summed E-state index contributed by atoms with van der Waals surface area (Å²) in [6.45, 7) is 0.466. The second-order valence-corrected chi connectivity index (χ2v) is 5.92. The van der Waals surface area contributed by atoms with E-state index in [1.54, 1.807) is 30.1 Å². The fourth-order valence-electron chi connectivity index (χ4n) is 2.23. The number of halogens is 3. The number of fused-ring (bicyclic) bond motifs is 1. The number of hydrogen-bond acceptors (Lipinski definition) is 3. The van der Waals surface area contributed by atoms with Crippen molar-refractivity contribution in [3.63, 3.8) is 0 Å². The third-order valence-electron chi connectivity index (χ3n) is 3.28. The van der Waals surface area contributed by atoms with E-state index in [-0.39, 0.29) is 5.69 Å². The molecule has 1 aliphatic heterocycles. The number of carbonyl (C=O) groups is 1. The van der Waals surface area contributed by atoms with Crippen molar-refractivity contribution in [2.24, 2.45) is 0 Å². The average Bonchev–Trinajstić information content (AvgIpc) is 2.53. The Kier molecular flexibility index (Phi) is 4.16. The van der Waals surface area contributed by atoms with Crippen molar-refractivity contribution in [1.29, 1.82) is 0 Å². The van der Waals surface area contributed by atoms with Crippen LogP contribution >= 0.6 is 11.8 Å². The van der Waals surface area contributed by atoms with Crippen LogP contribution in [0.15, 0.2) is 47.6 Å². The average molecular weight is 339 g/mol. The molecule has 4 nitrogen and oxygen atoms in total. The summed E-state index contributed by atoms with van der Waals surface area (Å²) in [6, 6.07) is 7.58. The Hall–Kier alpha value is -2.22. The third kappa shape index (κ3) is 3.42. The quantitative estimate of drug-likeness (QED) is 0.845. The molecule has 0 unspecified atom stereocenters. The molecule has 8 heteroatoms. The van der Waals surface area contributed by atoms with E-state index in [1.165, 1.54) is 17.0 Å². The number of hydrogen-bond donors (Lipinski definition) is 1. The Bertz CT molecular complexity index is 736. The molecule has 0 fully saturated rings. The maximum atomic E-state index is 12.7. The number of anilines is 2. The van der Waals surface area contributed by atoms with Crippen molar-refractivity contribution < 1.29 is 18.0 Å². The summed E-state index contributed by atoms with van der Waals surface area (Å²) < 4.78 is 38.2. The molecule has 0 saturated heterocycles. The Balaban J connectivity index is 1.81. The number of thioether (sulfide) groups is 1. The van der Waals surface area contributed by atoms with Crippen LogP contribution in [0.3, 0.4) is 0 Å². The number of amides is 2. The number of rotatable bonds is 1. The van der Waals surface area contributed by atoms with E-state index in [0.29, 0.717) is 18.0 Å². The topological polar surface area (TPSA) is 45.2 Å². The van der Waals surface area contributed by atoms with Gasteiger partial charge in [0.15, 0.2) is 0 Å². The van der Waals surface area contributed by atoms with Crippen molar-refractivity contribution in [1.82, 2.24) is 4.98 Å². The van der Waals surface area contributed by atoms with Gasteiger partial charge >= 0.3 is 12.2 Å². The van der Waals surface area contributed by atoms with Crippen molar-refractivity contribution >= 4 is 29.2 Å². The summed E-state index contributed by atoms with van der Waals surface area (Å²) in [5, 5.41) is 3.25. The molecule has 2 aromatic rings. The summed E-state index contributed by atoms with van der Waals surface area (Å²) in [6.07, 6.45) is -2.81. The number of pyridine rings is 1. The minimum Gasteiger partial charge on any atom is -0.308 e. The van der Waals surface area contributed by atoms with Gasteiger partial charge in [-0.2, -0.15) is 13.2 Å². The van der Waals surface area contributed by atoms with Crippen LogP contribution in [0, 0.1) is 0 Å². The third-order valence-corrected chi connectivity index (χ3v) is 4.26. The first kappa shape index (κ1) is 15.7. The first-order chi connectivity index (χ1) is 10.9. The lowest BCUT2D eigenvalue weighted by Crippen LogP contribution is -2.38. The number of nitrogens with one attached hydrogen (secondary N) is 1. The van der Waals surface area contributed by atoms with Crippen molar-refractivity contribution in [2.75, 3.05) is 22.5 Å². The number of benzene rings is 1. The fourth-order valence-corrected chi connectivity index (χ4v) is 3.16. The zero-order valence-corrected chi connectivity index (χ0v) is 12.6. The molecule has 0 atom stereocenters.